The van der Waals surface area contributed by atoms with Crippen LogP contribution in [0.5, 0.6) is 0 Å². The fraction of sp³-hybridized carbons (Fsp3) is 0.364. The zero-order chi connectivity index (χ0) is 11.5. The summed E-state index contributed by atoms with van der Waals surface area (Å²) in [6.45, 7) is 1.68. The van der Waals surface area contributed by atoms with Crippen molar-refractivity contribution in [2.45, 2.75) is 18.9 Å². The number of hydrogen-bond donors (Lipinski definition) is 1. The van der Waals surface area contributed by atoms with E-state index >= 15 is 0 Å². The van der Waals surface area contributed by atoms with E-state index in [1.165, 1.54) is 7.11 Å². The topological polar surface area (TPSA) is 52.3 Å². The van der Waals surface area contributed by atoms with E-state index in [1.54, 1.807) is 6.92 Å². The predicted molar refractivity (Wildman–Crippen MR) is 67.5 cm³/mol. The van der Waals surface area contributed by atoms with Crippen LogP contribution in [0.4, 0.5) is 0 Å². The van der Waals surface area contributed by atoms with Gasteiger partial charge in [0, 0.05) is 9.99 Å². The van der Waals surface area contributed by atoms with Crippen LogP contribution < -0.4 is 5.73 Å². The minimum Gasteiger partial charge on any atom is -0.468 e. The molecule has 0 unspecified atom stereocenters. The summed E-state index contributed by atoms with van der Waals surface area (Å²) in [5.41, 5.74) is 5.94. The van der Waals surface area contributed by atoms with E-state index in [4.69, 9.17) is 5.73 Å². The van der Waals surface area contributed by atoms with E-state index in [0.29, 0.717) is 6.42 Å². The SMILES string of the molecule is COC(=O)[C@](C)(N)Cc1ccc(I)cc1. The molecule has 0 aliphatic carbocycles. The Morgan fingerprint density at radius 3 is 2.47 bits per heavy atom. The van der Waals surface area contributed by atoms with Gasteiger partial charge in [-0.1, -0.05) is 12.1 Å². The van der Waals surface area contributed by atoms with Crippen LogP contribution in [0.15, 0.2) is 24.3 Å². The number of carbonyl (C=O) groups excluding carboxylic acids is 1. The second-order valence-electron chi connectivity index (χ2n) is 3.71. The lowest BCUT2D eigenvalue weighted by Gasteiger charge is -2.21. The first-order valence-electron chi connectivity index (χ1n) is 4.57. The van der Waals surface area contributed by atoms with Crippen LogP contribution in [0.25, 0.3) is 0 Å². The van der Waals surface area contributed by atoms with Gasteiger partial charge >= 0.3 is 5.97 Å². The minimum atomic E-state index is -0.957. The molecule has 0 fully saturated rings. The Morgan fingerprint density at radius 2 is 2.00 bits per heavy atom. The Balaban J connectivity index is 2.77. The Labute approximate surface area is 103 Å². The van der Waals surface area contributed by atoms with Gasteiger partial charge in [0.2, 0.25) is 0 Å². The normalized spacial score (nSPS) is 14.4. The predicted octanol–water partition coefficient (Wildman–Crippen LogP) is 1.72. The number of halogens is 1. The van der Waals surface area contributed by atoms with Crippen LogP contribution in [0, 0.1) is 3.57 Å². The molecule has 0 heterocycles. The van der Waals surface area contributed by atoms with E-state index in [2.05, 4.69) is 27.3 Å². The number of carbonyl (C=O) groups is 1. The third kappa shape index (κ3) is 3.46. The highest BCUT2D eigenvalue weighted by molar-refractivity contribution is 14.1. The second-order valence-corrected chi connectivity index (χ2v) is 4.96. The van der Waals surface area contributed by atoms with Crippen LogP contribution >= 0.6 is 22.6 Å². The molecule has 1 aromatic carbocycles. The summed E-state index contributed by atoms with van der Waals surface area (Å²) in [5.74, 6) is -0.388. The van der Waals surface area contributed by atoms with Gasteiger partial charge in [-0.2, -0.15) is 0 Å². The number of nitrogens with two attached hydrogens (primary N) is 1. The molecule has 15 heavy (non-hydrogen) atoms. The largest absolute Gasteiger partial charge is 0.468 e. The highest BCUT2D eigenvalue weighted by Crippen LogP contribution is 2.14. The molecule has 0 saturated carbocycles. The number of ether oxygens (including phenoxy) is 1. The molecule has 1 aromatic rings. The molecule has 0 aliphatic rings. The van der Waals surface area contributed by atoms with Gasteiger partial charge in [0.25, 0.3) is 0 Å². The fourth-order valence-corrected chi connectivity index (χ4v) is 1.69. The smallest absolute Gasteiger partial charge is 0.325 e. The quantitative estimate of drug-likeness (QED) is 0.682. The molecule has 0 aromatic heterocycles. The molecular formula is C11H14INO2. The average molecular weight is 319 g/mol. The van der Waals surface area contributed by atoms with Crippen LogP contribution in [0.3, 0.4) is 0 Å². The lowest BCUT2D eigenvalue weighted by atomic mass is 9.94. The molecule has 0 amide bonds. The number of hydrogen-bond acceptors (Lipinski definition) is 3. The molecule has 3 nitrogen and oxygen atoms in total. The molecule has 0 spiro atoms. The van der Waals surface area contributed by atoms with Crippen molar-refractivity contribution in [2.24, 2.45) is 5.73 Å². The van der Waals surface area contributed by atoms with Crippen molar-refractivity contribution in [1.29, 1.82) is 0 Å². The molecule has 0 radical (unpaired) electrons. The monoisotopic (exact) mass is 319 g/mol. The van der Waals surface area contributed by atoms with E-state index in [1.807, 2.05) is 24.3 Å². The summed E-state index contributed by atoms with van der Waals surface area (Å²) in [6.07, 6.45) is 0.483. The van der Waals surface area contributed by atoms with E-state index < -0.39 is 5.54 Å². The second kappa shape index (κ2) is 4.94. The maximum absolute atomic E-state index is 11.4. The van der Waals surface area contributed by atoms with Crippen molar-refractivity contribution in [3.8, 4) is 0 Å². The molecule has 0 bridgehead atoms. The molecule has 82 valence electrons. The number of benzene rings is 1. The summed E-state index contributed by atoms with van der Waals surface area (Å²) in [4.78, 5) is 11.4. The third-order valence-corrected chi connectivity index (χ3v) is 2.86. The molecular weight excluding hydrogens is 305 g/mol. The first kappa shape index (κ1) is 12.4. The number of esters is 1. The number of rotatable bonds is 3. The van der Waals surface area contributed by atoms with Crippen molar-refractivity contribution >= 4 is 28.6 Å². The maximum Gasteiger partial charge on any atom is 0.325 e. The van der Waals surface area contributed by atoms with Crippen molar-refractivity contribution in [2.75, 3.05) is 7.11 Å². The van der Waals surface area contributed by atoms with Crippen molar-refractivity contribution < 1.29 is 9.53 Å². The Morgan fingerprint density at radius 1 is 1.47 bits per heavy atom. The van der Waals surface area contributed by atoms with Crippen LogP contribution in [0.2, 0.25) is 0 Å². The molecule has 1 rings (SSSR count). The summed E-state index contributed by atoms with van der Waals surface area (Å²) in [5, 5.41) is 0. The van der Waals surface area contributed by atoms with Crippen LogP contribution in [-0.4, -0.2) is 18.6 Å². The molecule has 1 atom stereocenters. The maximum atomic E-state index is 11.4. The first-order chi connectivity index (χ1) is 6.95. The van der Waals surface area contributed by atoms with Gasteiger partial charge in [-0.05, 0) is 47.2 Å². The standard InChI is InChI=1S/C11H14INO2/c1-11(13,10(14)15-2)7-8-3-5-9(12)6-4-8/h3-6H,7,13H2,1-2H3/t11-/m1/s1. The Bertz CT molecular complexity index is 346. The molecule has 0 saturated heterocycles. The van der Waals surface area contributed by atoms with Crippen molar-refractivity contribution in [1.82, 2.24) is 0 Å². The van der Waals surface area contributed by atoms with E-state index in [-0.39, 0.29) is 5.97 Å². The van der Waals surface area contributed by atoms with E-state index in [0.717, 1.165) is 9.13 Å². The number of methoxy groups -OCH3 is 1. The van der Waals surface area contributed by atoms with Gasteiger partial charge in [0.15, 0.2) is 0 Å². The van der Waals surface area contributed by atoms with Crippen molar-refractivity contribution in [3.05, 3.63) is 33.4 Å². The molecule has 2 N–H and O–H groups in total. The lowest BCUT2D eigenvalue weighted by molar-refractivity contribution is -0.146. The average Bonchev–Trinajstić information content (AvgIpc) is 2.20. The van der Waals surface area contributed by atoms with E-state index in [9.17, 15) is 4.79 Å². The van der Waals surface area contributed by atoms with Gasteiger partial charge in [-0.15, -0.1) is 0 Å². The van der Waals surface area contributed by atoms with Crippen LogP contribution in [-0.2, 0) is 16.0 Å². The Kier molecular flexibility index (Phi) is 4.10. The fourth-order valence-electron chi connectivity index (χ4n) is 1.33. The van der Waals surface area contributed by atoms with Gasteiger partial charge in [-0.3, -0.25) is 4.79 Å². The minimum absolute atomic E-state index is 0.388. The zero-order valence-corrected chi connectivity index (χ0v) is 10.9. The zero-order valence-electron chi connectivity index (χ0n) is 8.79. The summed E-state index contributed by atoms with van der Waals surface area (Å²) >= 11 is 2.23. The summed E-state index contributed by atoms with van der Waals surface area (Å²) < 4.78 is 5.81. The van der Waals surface area contributed by atoms with Crippen molar-refractivity contribution in [3.63, 3.8) is 0 Å². The van der Waals surface area contributed by atoms with Gasteiger partial charge < -0.3 is 10.5 Å². The Hall–Kier alpha value is -0.620. The third-order valence-electron chi connectivity index (χ3n) is 2.14. The van der Waals surface area contributed by atoms with Gasteiger partial charge in [0.1, 0.15) is 5.54 Å². The first-order valence-corrected chi connectivity index (χ1v) is 5.65. The summed E-state index contributed by atoms with van der Waals surface area (Å²) in [6, 6.07) is 7.91. The molecule has 0 aliphatic heterocycles. The summed E-state index contributed by atoms with van der Waals surface area (Å²) in [7, 11) is 1.35. The highest BCUT2D eigenvalue weighted by Gasteiger charge is 2.29. The van der Waals surface area contributed by atoms with Crippen LogP contribution in [0.1, 0.15) is 12.5 Å². The van der Waals surface area contributed by atoms with Gasteiger partial charge in [-0.25, -0.2) is 0 Å². The highest BCUT2D eigenvalue weighted by atomic mass is 127. The van der Waals surface area contributed by atoms with Gasteiger partial charge in [0.05, 0.1) is 7.11 Å². The lowest BCUT2D eigenvalue weighted by Crippen LogP contribution is -2.47. The molecule has 4 heteroatoms.